The first-order valence-corrected chi connectivity index (χ1v) is 8.29. The molecule has 3 rings (SSSR count). The van der Waals surface area contributed by atoms with Crippen molar-refractivity contribution < 1.29 is 13.9 Å². The Balaban J connectivity index is 1.69. The molecule has 126 valence electrons. The lowest BCUT2D eigenvalue weighted by molar-refractivity contribution is -0.120. The van der Waals surface area contributed by atoms with E-state index in [9.17, 15) is 9.18 Å². The van der Waals surface area contributed by atoms with Crippen LogP contribution >= 0.6 is 0 Å². The second kappa shape index (κ2) is 7.27. The zero-order valence-corrected chi connectivity index (χ0v) is 13.5. The lowest BCUT2D eigenvalue weighted by atomic mass is 9.92. The number of amides is 1. The summed E-state index contributed by atoms with van der Waals surface area (Å²) in [6, 6.07) is 5.08. The third-order valence-electron chi connectivity index (χ3n) is 4.52. The van der Waals surface area contributed by atoms with Gasteiger partial charge in [0, 0.05) is 36.4 Å². The third-order valence-corrected chi connectivity index (χ3v) is 4.52. The molecule has 1 aromatic rings. The summed E-state index contributed by atoms with van der Waals surface area (Å²) in [7, 11) is 0. The molecule has 2 aliphatic heterocycles. The van der Waals surface area contributed by atoms with Crippen LogP contribution in [-0.4, -0.2) is 44.8 Å². The van der Waals surface area contributed by atoms with E-state index in [1.54, 1.807) is 0 Å². The number of nitrogens with one attached hydrogen (secondary N) is 2. The maximum absolute atomic E-state index is 13.9. The molecular weight excluding hydrogens is 297 g/mol. The Morgan fingerprint density at radius 3 is 2.87 bits per heavy atom. The monoisotopic (exact) mass is 321 g/mol. The fraction of sp³-hybridized carbons (Fsp3) is 0.588. The number of morpholine rings is 1. The molecule has 2 heterocycles. The number of hydrogen-bond acceptors (Lipinski definition) is 4. The quantitative estimate of drug-likeness (QED) is 0.894. The summed E-state index contributed by atoms with van der Waals surface area (Å²) in [4.78, 5) is 14.5. The summed E-state index contributed by atoms with van der Waals surface area (Å²) in [5.74, 6) is -0.360. The summed E-state index contributed by atoms with van der Waals surface area (Å²) in [5, 5.41) is 6.22. The molecule has 0 spiro atoms. The minimum absolute atomic E-state index is 0.0126. The van der Waals surface area contributed by atoms with Gasteiger partial charge in [-0.25, -0.2) is 4.39 Å². The minimum atomic E-state index is -0.331. The average Bonchev–Trinajstić information content (AvgIpc) is 2.55. The van der Waals surface area contributed by atoms with Gasteiger partial charge in [-0.15, -0.1) is 0 Å². The number of nitrogens with zero attached hydrogens (tertiary/aromatic N) is 1. The Bertz CT molecular complexity index is 561. The molecule has 0 bridgehead atoms. The number of anilines is 2. The fourth-order valence-electron chi connectivity index (χ4n) is 3.26. The number of piperidine rings is 1. The molecule has 0 radical (unpaired) electrons. The van der Waals surface area contributed by atoms with Crippen molar-refractivity contribution in [1.29, 1.82) is 0 Å². The van der Waals surface area contributed by atoms with Crippen molar-refractivity contribution in [3.05, 3.63) is 24.0 Å². The van der Waals surface area contributed by atoms with Gasteiger partial charge in [0.05, 0.1) is 13.2 Å². The van der Waals surface area contributed by atoms with E-state index in [4.69, 9.17) is 4.74 Å². The third kappa shape index (κ3) is 4.20. The van der Waals surface area contributed by atoms with Gasteiger partial charge < -0.3 is 20.3 Å². The summed E-state index contributed by atoms with van der Waals surface area (Å²) in [5.41, 5.74) is 1.32. The Morgan fingerprint density at radius 1 is 1.35 bits per heavy atom. The van der Waals surface area contributed by atoms with Crippen LogP contribution in [-0.2, 0) is 9.53 Å². The van der Waals surface area contributed by atoms with E-state index < -0.39 is 0 Å². The largest absolute Gasteiger partial charge is 0.378 e. The van der Waals surface area contributed by atoms with E-state index in [0.29, 0.717) is 24.9 Å². The summed E-state index contributed by atoms with van der Waals surface area (Å²) < 4.78 is 19.2. The van der Waals surface area contributed by atoms with Crippen LogP contribution in [0.5, 0.6) is 0 Å². The highest BCUT2D eigenvalue weighted by atomic mass is 19.1. The van der Waals surface area contributed by atoms with E-state index in [1.165, 1.54) is 12.1 Å². The maximum atomic E-state index is 13.9. The minimum Gasteiger partial charge on any atom is -0.378 e. The molecule has 2 atom stereocenters. The lowest BCUT2D eigenvalue weighted by Crippen LogP contribution is -2.40. The van der Waals surface area contributed by atoms with Gasteiger partial charge in [-0.1, -0.05) is 0 Å². The van der Waals surface area contributed by atoms with Crippen LogP contribution in [0.25, 0.3) is 0 Å². The summed E-state index contributed by atoms with van der Waals surface area (Å²) in [6.45, 7) is 5.70. The van der Waals surface area contributed by atoms with Crippen molar-refractivity contribution in [1.82, 2.24) is 5.32 Å². The topological polar surface area (TPSA) is 53.6 Å². The van der Waals surface area contributed by atoms with Crippen molar-refractivity contribution in [3.63, 3.8) is 0 Å². The van der Waals surface area contributed by atoms with Crippen LogP contribution in [0.2, 0.25) is 0 Å². The molecule has 5 nitrogen and oxygen atoms in total. The van der Waals surface area contributed by atoms with E-state index >= 15 is 0 Å². The molecule has 0 saturated carbocycles. The maximum Gasteiger partial charge on any atom is 0.227 e. The van der Waals surface area contributed by atoms with Gasteiger partial charge >= 0.3 is 0 Å². The van der Waals surface area contributed by atoms with Gasteiger partial charge in [-0.3, -0.25) is 4.79 Å². The molecule has 0 aromatic heterocycles. The molecule has 1 amide bonds. The smallest absolute Gasteiger partial charge is 0.227 e. The number of benzene rings is 1. The zero-order valence-electron chi connectivity index (χ0n) is 13.5. The van der Waals surface area contributed by atoms with E-state index in [-0.39, 0.29) is 17.6 Å². The van der Waals surface area contributed by atoms with Gasteiger partial charge in [0.1, 0.15) is 5.82 Å². The SMILES string of the molecule is C[C@H]1C[C@@H](C(=O)Nc2cc(F)cc(N3CCOCC3)c2)CCN1. The van der Waals surface area contributed by atoms with Crippen LogP contribution < -0.4 is 15.5 Å². The zero-order chi connectivity index (χ0) is 16.2. The molecule has 2 saturated heterocycles. The van der Waals surface area contributed by atoms with Crippen LogP contribution in [0.1, 0.15) is 19.8 Å². The molecule has 6 heteroatoms. The number of carbonyl (C=O) groups excluding carboxylic acids is 1. The van der Waals surface area contributed by atoms with Crippen LogP contribution in [0, 0.1) is 11.7 Å². The first-order valence-electron chi connectivity index (χ1n) is 8.29. The number of rotatable bonds is 3. The summed E-state index contributed by atoms with van der Waals surface area (Å²) in [6.07, 6.45) is 1.64. The van der Waals surface area contributed by atoms with Crippen molar-refractivity contribution in [2.24, 2.45) is 5.92 Å². The van der Waals surface area contributed by atoms with Crippen molar-refractivity contribution >= 4 is 17.3 Å². The molecule has 0 unspecified atom stereocenters. The fourth-order valence-corrected chi connectivity index (χ4v) is 3.26. The van der Waals surface area contributed by atoms with E-state index in [1.807, 2.05) is 6.07 Å². The highest BCUT2D eigenvalue weighted by molar-refractivity contribution is 5.93. The van der Waals surface area contributed by atoms with Crippen molar-refractivity contribution in [2.75, 3.05) is 43.1 Å². The van der Waals surface area contributed by atoms with E-state index in [0.717, 1.165) is 38.2 Å². The van der Waals surface area contributed by atoms with Crippen molar-refractivity contribution in [3.8, 4) is 0 Å². The Labute approximate surface area is 136 Å². The molecule has 2 aliphatic rings. The normalized spacial score (nSPS) is 25.2. The average molecular weight is 321 g/mol. The number of hydrogen-bond donors (Lipinski definition) is 2. The first-order chi connectivity index (χ1) is 11.1. The van der Waals surface area contributed by atoms with Crippen LogP contribution in [0.4, 0.5) is 15.8 Å². The van der Waals surface area contributed by atoms with Gasteiger partial charge in [0.2, 0.25) is 5.91 Å². The van der Waals surface area contributed by atoms with Gasteiger partial charge in [0.25, 0.3) is 0 Å². The highest BCUT2D eigenvalue weighted by Crippen LogP contribution is 2.24. The Kier molecular flexibility index (Phi) is 5.13. The molecule has 0 aliphatic carbocycles. The summed E-state index contributed by atoms with van der Waals surface area (Å²) >= 11 is 0. The second-order valence-corrected chi connectivity index (χ2v) is 6.36. The predicted molar refractivity (Wildman–Crippen MR) is 88.3 cm³/mol. The standard InChI is InChI=1S/C17H24FN3O2/c1-12-8-13(2-3-19-12)17(22)20-15-9-14(18)10-16(11-15)21-4-6-23-7-5-21/h9-13,19H,2-8H2,1H3,(H,20,22)/t12-,13-/m0/s1. The predicted octanol–water partition coefficient (Wildman–Crippen LogP) is 1.99. The van der Waals surface area contributed by atoms with Crippen LogP contribution in [0.15, 0.2) is 18.2 Å². The molecule has 2 fully saturated rings. The van der Waals surface area contributed by atoms with Gasteiger partial charge in [0.15, 0.2) is 0 Å². The highest BCUT2D eigenvalue weighted by Gasteiger charge is 2.25. The number of ether oxygens (including phenoxy) is 1. The van der Waals surface area contributed by atoms with Crippen LogP contribution in [0.3, 0.4) is 0 Å². The molecule has 2 N–H and O–H groups in total. The molecular formula is C17H24FN3O2. The Morgan fingerprint density at radius 2 is 2.13 bits per heavy atom. The molecule has 23 heavy (non-hydrogen) atoms. The number of carbonyl (C=O) groups is 1. The van der Waals surface area contributed by atoms with E-state index in [2.05, 4.69) is 22.5 Å². The second-order valence-electron chi connectivity index (χ2n) is 6.36. The first kappa shape index (κ1) is 16.2. The van der Waals surface area contributed by atoms with Gasteiger partial charge in [-0.05, 0) is 44.5 Å². The lowest BCUT2D eigenvalue weighted by Gasteiger charge is -2.29. The Hall–Kier alpha value is -1.66. The molecule has 1 aromatic carbocycles. The van der Waals surface area contributed by atoms with Crippen molar-refractivity contribution in [2.45, 2.75) is 25.8 Å². The van der Waals surface area contributed by atoms with Gasteiger partial charge in [-0.2, -0.15) is 0 Å². The number of halogens is 1.